The summed E-state index contributed by atoms with van der Waals surface area (Å²) in [5, 5.41) is 2.08. The van der Waals surface area contributed by atoms with Crippen molar-refractivity contribution < 1.29 is 4.79 Å². The highest BCUT2D eigenvalue weighted by Crippen LogP contribution is 2.30. The number of aryl methyl sites for hydroxylation is 1. The van der Waals surface area contributed by atoms with Gasteiger partial charge in [-0.2, -0.15) is 0 Å². The van der Waals surface area contributed by atoms with E-state index >= 15 is 0 Å². The minimum absolute atomic E-state index is 0.210. The fourth-order valence-corrected chi connectivity index (χ4v) is 4.92. The summed E-state index contributed by atoms with van der Waals surface area (Å²) in [5.74, 6) is 0.210. The van der Waals surface area contributed by atoms with Crippen LogP contribution in [0.5, 0.6) is 0 Å². The predicted octanol–water partition coefficient (Wildman–Crippen LogP) is 4.06. The number of aromatic nitrogens is 1. The number of fused-ring (bicyclic) bond motifs is 1. The van der Waals surface area contributed by atoms with Crippen molar-refractivity contribution in [2.45, 2.75) is 46.2 Å². The first-order valence-corrected chi connectivity index (χ1v) is 10.7. The highest BCUT2D eigenvalue weighted by Gasteiger charge is 2.27. The SMILES string of the molecule is CCc1ccc(CN2CCc3c(C(=O)N4CC=C(C)CC4)csc3C2)nc1. The Morgan fingerprint density at radius 1 is 1.26 bits per heavy atom. The predicted molar refractivity (Wildman–Crippen MR) is 110 cm³/mol. The number of hydrogen-bond acceptors (Lipinski definition) is 4. The normalized spacial score (nSPS) is 17.6. The Balaban J connectivity index is 1.43. The van der Waals surface area contributed by atoms with E-state index in [2.05, 4.69) is 47.3 Å². The van der Waals surface area contributed by atoms with Gasteiger partial charge in [-0.1, -0.05) is 24.6 Å². The lowest BCUT2D eigenvalue weighted by Gasteiger charge is -2.28. The molecule has 0 aromatic carbocycles. The first-order chi connectivity index (χ1) is 13.1. The third-order valence-corrected chi connectivity index (χ3v) is 6.67. The van der Waals surface area contributed by atoms with Gasteiger partial charge in [-0.3, -0.25) is 14.7 Å². The number of thiophene rings is 1. The summed E-state index contributed by atoms with van der Waals surface area (Å²) in [4.78, 5) is 23.3. The van der Waals surface area contributed by atoms with Crippen LogP contribution in [0.3, 0.4) is 0 Å². The molecule has 2 aromatic rings. The molecule has 0 radical (unpaired) electrons. The Morgan fingerprint density at radius 3 is 2.85 bits per heavy atom. The molecule has 2 aromatic heterocycles. The second-order valence-electron chi connectivity index (χ2n) is 7.57. The minimum Gasteiger partial charge on any atom is -0.335 e. The Labute approximate surface area is 165 Å². The first-order valence-electron chi connectivity index (χ1n) is 9.84. The van der Waals surface area contributed by atoms with Crippen LogP contribution < -0.4 is 0 Å². The molecule has 5 heteroatoms. The summed E-state index contributed by atoms with van der Waals surface area (Å²) in [7, 11) is 0. The second-order valence-corrected chi connectivity index (χ2v) is 8.54. The first kappa shape index (κ1) is 18.4. The zero-order chi connectivity index (χ0) is 18.8. The van der Waals surface area contributed by atoms with Crippen molar-refractivity contribution in [2.24, 2.45) is 0 Å². The van der Waals surface area contributed by atoms with Gasteiger partial charge in [-0.15, -0.1) is 11.3 Å². The van der Waals surface area contributed by atoms with Gasteiger partial charge in [-0.25, -0.2) is 0 Å². The third-order valence-electron chi connectivity index (χ3n) is 5.66. The summed E-state index contributed by atoms with van der Waals surface area (Å²) in [6, 6.07) is 4.32. The average molecular weight is 382 g/mol. The molecule has 4 heterocycles. The monoisotopic (exact) mass is 381 g/mol. The molecule has 2 aliphatic heterocycles. The van der Waals surface area contributed by atoms with Crippen LogP contribution in [0.25, 0.3) is 0 Å². The van der Waals surface area contributed by atoms with Crippen LogP contribution in [0.15, 0.2) is 35.4 Å². The zero-order valence-electron chi connectivity index (χ0n) is 16.2. The molecule has 0 bridgehead atoms. The highest BCUT2D eigenvalue weighted by molar-refractivity contribution is 7.10. The third kappa shape index (κ3) is 3.99. The largest absolute Gasteiger partial charge is 0.335 e. The quantitative estimate of drug-likeness (QED) is 0.750. The smallest absolute Gasteiger partial charge is 0.255 e. The van der Waals surface area contributed by atoms with Gasteiger partial charge in [0, 0.05) is 49.2 Å². The maximum atomic E-state index is 13.0. The molecule has 2 aliphatic rings. The van der Waals surface area contributed by atoms with Crippen LogP contribution in [0.1, 0.15) is 52.3 Å². The minimum atomic E-state index is 0.210. The van der Waals surface area contributed by atoms with Gasteiger partial charge in [-0.05, 0) is 43.4 Å². The van der Waals surface area contributed by atoms with Crippen molar-refractivity contribution in [3.05, 3.63) is 62.6 Å². The lowest BCUT2D eigenvalue weighted by Crippen LogP contribution is -2.36. The number of pyridine rings is 1. The van der Waals surface area contributed by atoms with Crippen molar-refractivity contribution in [1.29, 1.82) is 0 Å². The lowest BCUT2D eigenvalue weighted by atomic mass is 10.0. The van der Waals surface area contributed by atoms with E-state index in [0.29, 0.717) is 0 Å². The van der Waals surface area contributed by atoms with Crippen molar-refractivity contribution >= 4 is 17.2 Å². The molecule has 4 nitrogen and oxygen atoms in total. The molecule has 0 spiro atoms. The Kier molecular flexibility index (Phi) is 5.41. The van der Waals surface area contributed by atoms with Gasteiger partial charge in [0.25, 0.3) is 5.91 Å². The van der Waals surface area contributed by atoms with E-state index in [1.807, 2.05) is 11.1 Å². The summed E-state index contributed by atoms with van der Waals surface area (Å²) in [6.07, 6.45) is 7.14. The molecular formula is C22H27N3OS. The van der Waals surface area contributed by atoms with Crippen molar-refractivity contribution in [2.75, 3.05) is 19.6 Å². The number of carbonyl (C=O) groups excluding carboxylic acids is 1. The maximum Gasteiger partial charge on any atom is 0.255 e. The standard InChI is InChI=1S/C22H27N3OS/c1-3-17-4-5-18(23-12-17)13-24-9-8-19-20(15-27-21(19)14-24)22(26)25-10-6-16(2)7-11-25/h4-6,12,15H,3,7-11,13-14H2,1-2H3. The Morgan fingerprint density at radius 2 is 2.15 bits per heavy atom. The number of rotatable bonds is 4. The number of carbonyl (C=O) groups is 1. The molecule has 0 N–H and O–H groups in total. The van der Waals surface area contributed by atoms with Crippen molar-refractivity contribution in [3.63, 3.8) is 0 Å². The van der Waals surface area contributed by atoms with Gasteiger partial charge in [0.05, 0.1) is 11.3 Å². The lowest BCUT2D eigenvalue weighted by molar-refractivity contribution is 0.0767. The van der Waals surface area contributed by atoms with Gasteiger partial charge in [0.2, 0.25) is 0 Å². The van der Waals surface area contributed by atoms with E-state index in [1.165, 1.54) is 21.6 Å². The van der Waals surface area contributed by atoms with Crippen LogP contribution >= 0.6 is 11.3 Å². The molecule has 0 atom stereocenters. The summed E-state index contributed by atoms with van der Waals surface area (Å²) in [5.41, 5.74) is 6.01. The summed E-state index contributed by atoms with van der Waals surface area (Å²) in [6.45, 7) is 8.68. The van der Waals surface area contributed by atoms with E-state index in [4.69, 9.17) is 0 Å². The second kappa shape index (κ2) is 7.95. The van der Waals surface area contributed by atoms with Crippen molar-refractivity contribution in [3.8, 4) is 0 Å². The molecule has 0 saturated carbocycles. The van der Waals surface area contributed by atoms with E-state index < -0.39 is 0 Å². The molecule has 0 saturated heterocycles. The van der Waals surface area contributed by atoms with Gasteiger partial charge >= 0.3 is 0 Å². The van der Waals surface area contributed by atoms with Crippen LogP contribution in [0, 0.1) is 0 Å². The van der Waals surface area contributed by atoms with Crippen LogP contribution in [0.4, 0.5) is 0 Å². The molecule has 0 fully saturated rings. The van der Waals surface area contributed by atoms with Crippen molar-refractivity contribution in [1.82, 2.24) is 14.8 Å². The van der Waals surface area contributed by atoms with Gasteiger partial charge in [0.1, 0.15) is 0 Å². The number of amides is 1. The molecule has 4 rings (SSSR count). The van der Waals surface area contributed by atoms with E-state index in [9.17, 15) is 4.79 Å². The highest BCUT2D eigenvalue weighted by atomic mass is 32.1. The average Bonchev–Trinajstić information content (AvgIpc) is 3.12. The molecule has 0 aliphatic carbocycles. The Hall–Kier alpha value is -1.98. The number of nitrogens with zero attached hydrogens (tertiary/aromatic N) is 3. The molecule has 1 amide bonds. The van der Waals surface area contributed by atoms with E-state index in [1.54, 1.807) is 11.3 Å². The molecule has 0 unspecified atom stereocenters. The fraction of sp³-hybridized carbons (Fsp3) is 0.455. The van der Waals surface area contributed by atoms with Crippen LogP contribution in [-0.4, -0.2) is 40.3 Å². The van der Waals surface area contributed by atoms with Gasteiger partial charge < -0.3 is 4.90 Å². The molecule has 27 heavy (non-hydrogen) atoms. The Bertz CT molecular complexity index is 853. The molecule has 142 valence electrons. The number of hydrogen-bond donors (Lipinski definition) is 0. The van der Waals surface area contributed by atoms with Crippen LogP contribution in [0.2, 0.25) is 0 Å². The maximum absolute atomic E-state index is 13.0. The van der Waals surface area contributed by atoms with Gasteiger partial charge in [0.15, 0.2) is 0 Å². The van der Waals surface area contributed by atoms with E-state index in [0.717, 1.165) is 63.2 Å². The summed E-state index contributed by atoms with van der Waals surface area (Å²) < 4.78 is 0. The topological polar surface area (TPSA) is 36.4 Å². The fourth-order valence-electron chi connectivity index (χ4n) is 3.81. The summed E-state index contributed by atoms with van der Waals surface area (Å²) >= 11 is 1.74. The zero-order valence-corrected chi connectivity index (χ0v) is 17.0. The van der Waals surface area contributed by atoms with E-state index in [-0.39, 0.29) is 5.91 Å². The molecular weight excluding hydrogens is 354 g/mol. The van der Waals surface area contributed by atoms with Crippen LogP contribution in [-0.2, 0) is 25.9 Å².